The minimum absolute atomic E-state index is 0.712. The van der Waals surface area contributed by atoms with E-state index in [1.165, 1.54) is 27.8 Å². The van der Waals surface area contributed by atoms with E-state index in [4.69, 9.17) is 9.97 Å². The van der Waals surface area contributed by atoms with Crippen LogP contribution in [0.1, 0.15) is 11.1 Å². The van der Waals surface area contributed by atoms with Gasteiger partial charge < -0.3 is 0 Å². The molecule has 7 aromatic rings. The van der Waals surface area contributed by atoms with Gasteiger partial charge in [0.25, 0.3) is 0 Å². The Morgan fingerprint density at radius 1 is 0.364 bits per heavy atom. The molecule has 6 aromatic carbocycles. The van der Waals surface area contributed by atoms with Gasteiger partial charge in [-0.05, 0) is 64.9 Å². The number of hydrogen-bond acceptors (Lipinski definition) is 2. The molecule has 1 heterocycles. The predicted octanol–water partition coefficient (Wildman–Crippen LogP) is 11.1. The first kappa shape index (κ1) is 27.2. The van der Waals surface area contributed by atoms with Crippen LogP contribution >= 0.6 is 0 Å². The highest BCUT2D eigenvalue weighted by molar-refractivity contribution is 5.92. The molecule has 0 aliphatic carbocycles. The second-order valence-corrected chi connectivity index (χ2v) is 11.3. The van der Waals surface area contributed by atoms with Crippen molar-refractivity contribution >= 4 is 0 Å². The lowest BCUT2D eigenvalue weighted by molar-refractivity contribution is 1.18. The monoisotopic (exact) mass is 564 g/mol. The summed E-state index contributed by atoms with van der Waals surface area (Å²) in [6, 6.07) is 53.6. The lowest BCUT2D eigenvalue weighted by atomic mass is 9.90. The minimum atomic E-state index is 0.712. The molecule has 0 aliphatic rings. The van der Waals surface area contributed by atoms with E-state index in [0.717, 1.165) is 44.6 Å². The fraction of sp³-hybridized carbons (Fsp3) is 0.0476. The third kappa shape index (κ3) is 5.58. The van der Waals surface area contributed by atoms with Gasteiger partial charge in [-0.1, -0.05) is 151 Å². The molecule has 7 rings (SSSR count). The van der Waals surface area contributed by atoms with Gasteiger partial charge in [0.2, 0.25) is 0 Å². The topological polar surface area (TPSA) is 25.8 Å². The van der Waals surface area contributed by atoms with Crippen LogP contribution < -0.4 is 0 Å². The van der Waals surface area contributed by atoms with Gasteiger partial charge >= 0.3 is 0 Å². The van der Waals surface area contributed by atoms with Gasteiger partial charge in [-0.15, -0.1) is 0 Å². The summed E-state index contributed by atoms with van der Waals surface area (Å²) in [6.07, 6.45) is 1.99. The first-order chi connectivity index (χ1) is 21.6. The van der Waals surface area contributed by atoms with Crippen molar-refractivity contribution in [3.05, 3.63) is 169 Å². The van der Waals surface area contributed by atoms with Gasteiger partial charge in [-0.3, -0.25) is 0 Å². The zero-order valence-electron chi connectivity index (χ0n) is 24.9. The highest BCUT2D eigenvalue weighted by Crippen LogP contribution is 2.39. The van der Waals surface area contributed by atoms with E-state index in [-0.39, 0.29) is 0 Å². The van der Waals surface area contributed by atoms with E-state index in [1.807, 2.05) is 24.4 Å². The fourth-order valence-electron chi connectivity index (χ4n) is 5.70. The zero-order chi connectivity index (χ0) is 29.9. The number of benzene rings is 6. The second kappa shape index (κ2) is 11.9. The van der Waals surface area contributed by atoms with Crippen LogP contribution in [-0.4, -0.2) is 9.97 Å². The number of rotatable bonds is 6. The molecular weight excluding hydrogens is 532 g/mol. The summed E-state index contributed by atoms with van der Waals surface area (Å²) in [6.45, 7) is 4.24. The third-order valence-electron chi connectivity index (χ3n) is 8.12. The van der Waals surface area contributed by atoms with Gasteiger partial charge in [0.05, 0.1) is 5.69 Å². The molecule has 0 saturated heterocycles. The largest absolute Gasteiger partial charge is 0.236 e. The number of hydrogen-bond donors (Lipinski definition) is 0. The average Bonchev–Trinajstić information content (AvgIpc) is 3.09. The Morgan fingerprint density at radius 2 is 0.864 bits per heavy atom. The van der Waals surface area contributed by atoms with Gasteiger partial charge in [-0.2, -0.15) is 0 Å². The molecule has 0 saturated carbocycles. The maximum atomic E-state index is 5.24. The Balaban J connectivity index is 1.39. The van der Waals surface area contributed by atoms with E-state index in [1.54, 1.807) is 0 Å². The molecule has 0 unspecified atom stereocenters. The van der Waals surface area contributed by atoms with Crippen LogP contribution in [0.4, 0.5) is 0 Å². The number of nitrogens with zero attached hydrogens (tertiary/aromatic N) is 2. The summed E-state index contributed by atoms with van der Waals surface area (Å²) in [5.74, 6) is 0.712. The van der Waals surface area contributed by atoms with Crippen LogP contribution in [0.25, 0.3) is 67.2 Å². The van der Waals surface area contributed by atoms with Gasteiger partial charge in [0.15, 0.2) is 5.82 Å². The zero-order valence-corrected chi connectivity index (χ0v) is 24.9. The Bertz CT molecular complexity index is 2060. The van der Waals surface area contributed by atoms with Crippen molar-refractivity contribution in [3.63, 3.8) is 0 Å². The second-order valence-electron chi connectivity index (χ2n) is 11.3. The highest BCUT2D eigenvalue weighted by atomic mass is 14.9. The number of aromatic nitrogens is 2. The summed E-state index contributed by atoms with van der Waals surface area (Å²) in [7, 11) is 0. The van der Waals surface area contributed by atoms with Crippen molar-refractivity contribution < 1.29 is 0 Å². The molecule has 44 heavy (non-hydrogen) atoms. The molecule has 0 amide bonds. The van der Waals surface area contributed by atoms with E-state index < -0.39 is 0 Å². The normalized spacial score (nSPS) is 11.0. The third-order valence-corrected chi connectivity index (χ3v) is 8.12. The molecular formula is C42H32N2. The molecule has 1 aromatic heterocycles. The number of aryl methyl sites for hydroxylation is 2. The average molecular weight is 565 g/mol. The minimum Gasteiger partial charge on any atom is -0.236 e. The maximum Gasteiger partial charge on any atom is 0.159 e. The predicted molar refractivity (Wildman–Crippen MR) is 184 cm³/mol. The van der Waals surface area contributed by atoms with Crippen LogP contribution in [0, 0.1) is 13.8 Å². The molecule has 210 valence electrons. The summed E-state index contributed by atoms with van der Waals surface area (Å²) in [5, 5.41) is 0. The lowest BCUT2D eigenvalue weighted by Gasteiger charge is -2.16. The molecule has 0 fully saturated rings. The van der Waals surface area contributed by atoms with Crippen LogP contribution in [0.15, 0.2) is 158 Å². The molecule has 0 atom stereocenters. The Kier molecular flexibility index (Phi) is 7.40. The summed E-state index contributed by atoms with van der Waals surface area (Å²) in [4.78, 5) is 10.1. The first-order valence-corrected chi connectivity index (χ1v) is 15.0. The molecule has 0 spiro atoms. The standard InChI is InChI=1S/C42H32N2/c1-29-18-22-31(23-19-29)34-12-8-14-36(26-34)38-16-6-7-17-39(38)40-28-43-42(33-10-4-3-5-11-33)44-41(40)37-15-9-13-35(27-37)32-24-20-30(2)21-25-32/h3-28H,1-2H3. The Hall–Kier alpha value is -5.60. The van der Waals surface area contributed by atoms with Crippen molar-refractivity contribution in [1.29, 1.82) is 0 Å². The van der Waals surface area contributed by atoms with Gasteiger partial charge in [0, 0.05) is 22.9 Å². The van der Waals surface area contributed by atoms with Crippen molar-refractivity contribution in [1.82, 2.24) is 9.97 Å². The van der Waals surface area contributed by atoms with Crippen LogP contribution in [0.2, 0.25) is 0 Å². The van der Waals surface area contributed by atoms with E-state index in [2.05, 4.69) is 147 Å². The van der Waals surface area contributed by atoms with Gasteiger partial charge in [0.1, 0.15) is 0 Å². The van der Waals surface area contributed by atoms with Crippen molar-refractivity contribution in [2.75, 3.05) is 0 Å². The first-order valence-electron chi connectivity index (χ1n) is 15.0. The summed E-state index contributed by atoms with van der Waals surface area (Å²) >= 11 is 0. The highest BCUT2D eigenvalue weighted by Gasteiger charge is 2.17. The fourth-order valence-corrected chi connectivity index (χ4v) is 5.70. The maximum absolute atomic E-state index is 5.24. The molecule has 0 bridgehead atoms. The van der Waals surface area contributed by atoms with Gasteiger partial charge in [-0.25, -0.2) is 9.97 Å². The molecule has 0 aliphatic heterocycles. The Morgan fingerprint density at radius 3 is 1.50 bits per heavy atom. The van der Waals surface area contributed by atoms with E-state index >= 15 is 0 Å². The van der Waals surface area contributed by atoms with Crippen LogP contribution in [0.5, 0.6) is 0 Å². The summed E-state index contributed by atoms with van der Waals surface area (Å²) in [5.41, 5.74) is 14.6. The Labute approximate surface area is 259 Å². The van der Waals surface area contributed by atoms with Crippen LogP contribution in [-0.2, 0) is 0 Å². The van der Waals surface area contributed by atoms with E-state index in [0.29, 0.717) is 5.82 Å². The smallest absolute Gasteiger partial charge is 0.159 e. The quantitative estimate of drug-likeness (QED) is 0.201. The molecule has 0 N–H and O–H groups in total. The lowest BCUT2D eigenvalue weighted by Crippen LogP contribution is -1.97. The van der Waals surface area contributed by atoms with Crippen molar-refractivity contribution in [2.45, 2.75) is 13.8 Å². The van der Waals surface area contributed by atoms with Crippen molar-refractivity contribution in [2.24, 2.45) is 0 Å². The summed E-state index contributed by atoms with van der Waals surface area (Å²) < 4.78 is 0. The molecule has 2 heteroatoms. The SMILES string of the molecule is Cc1ccc(-c2cccc(-c3ccccc3-c3cnc(-c4ccccc4)nc3-c3cccc(-c4ccc(C)cc4)c3)c2)cc1. The molecule has 2 nitrogen and oxygen atoms in total. The van der Waals surface area contributed by atoms with Crippen LogP contribution in [0.3, 0.4) is 0 Å². The van der Waals surface area contributed by atoms with Crippen molar-refractivity contribution in [3.8, 4) is 67.2 Å². The van der Waals surface area contributed by atoms with E-state index in [9.17, 15) is 0 Å². The molecule has 0 radical (unpaired) electrons.